The highest BCUT2D eigenvalue weighted by Gasteiger charge is 2.24. The van der Waals surface area contributed by atoms with Gasteiger partial charge in [-0.1, -0.05) is 18.2 Å². The molecule has 19 heavy (non-hydrogen) atoms. The number of aryl methyl sites for hydroxylation is 2. The maximum atomic E-state index is 6.58. The number of ether oxygens (including phenoxy) is 1. The second kappa shape index (κ2) is 6.25. The van der Waals surface area contributed by atoms with Gasteiger partial charge in [-0.25, -0.2) is 0 Å². The van der Waals surface area contributed by atoms with Crippen LogP contribution in [0, 0.1) is 13.8 Å². The lowest BCUT2D eigenvalue weighted by molar-refractivity contribution is -0.0678. The highest BCUT2D eigenvalue weighted by molar-refractivity contribution is 6.21. The van der Waals surface area contributed by atoms with Gasteiger partial charge in [0.05, 0.1) is 17.6 Å². The van der Waals surface area contributed by atoms with Crippen LogP contribution in [-0.2, 0) is 4.74 Å². The molecule has 1 aliphatic heterocycles. The third-order valence-corrected chi connectivity index (χ3v) is 4.20. The summed E-state index contributed by atoms with van der Waals surface area (Å²) in [5.74, 6) is 0. The molecule has 106 valence electrons. The lowest BCUT2D eigenvalue weighted by Gasteiger charge is -2.36. The maximum absolute atomic E-state index is 6.58. The molecular weight excluding hydrogens is 258 g/mol. The van der Waals surface area contributed by atoms with E-state index >= 15 is 0 Å². The van der Waals surface area contributed by atoms with Crippen LogP contribution in [0.15, 0.2) is 18.2 Å². The van der Waals surface area contributed by atoms with Gasteiger partial charge in [0.15, 0.2) is 0 Å². The van der Waals surface area contributed by atoms with E-state index in [2.05, 4.69) is 50.8 Å². The van der Waals surface area contributed by atoms with E-state index in [9.17, 15) is 0 Å². The molecule has 2 rings (SSSR count). The molecule has 0 saturated carbocycles. The monoisotopic (exact) mass is 281 g/mol. The SMILES string of the molecule is Cc1ccc(C(Cl)CN2CC(C)OC(C)C2)cc1C. The van der Waals surface area contributed by atoms with Crippen LogP contribution in [0.25, 0.3) is 0 Å². The highest BCUT2D eigenvalue weighted by Crippen LogP contribution is 2.25. The number of hydrogen-bond donors (Lipinski definition) is 0. The van der Waals surface area contributed by atoms with Crippen molar-refractivity contribution >= 4 is 11.6 Å². The van der Waals surface area contributed by atoms with Crippen molar-refractivity contribution in [3.05, 3.63) is 34.9 Å². The molecule has 1 heterocycles. The molecule has 0 amide bonds. The Labute approximate surface area is 121 Å². The Morgan fingerprint density at radius 3 is 2.42 bits per heavy atom. The van der Waals surface area contributed by atoms with E-state index in [1.807, 2.05) is 0 Å². The summed E-state index contributed by atoms with van der Waals surface area (Å²) in [6, 6.07) is 6.51. The Bertz CT molecular complexity index is 425. The van der Waals surface area contributed by atoms with Crippen molar-refractivity contribution in [1.82, 2.24) is 4.90 Å². The fourth-order valence-electron chi connectivity index (χ4n) is 2.73. The van der Waals surface area contributed by atoms with Crippen molar-refractivity contribution in [3.8, 4) is 0 Å². The van der Waals surface area contributed by atoms with Crippen LogP contribution in [0.2, 0.25) is 0 Å². The molecule has 3 unspecified atom stereocenters. The summed E-state index contributed by atoms with van der Waals surface area (Å²) in [6.07, 6.45) is 0.597. The predicted molar refractivity (Wildman–Crippen MR) is 81.0 cm³/mol. The summed E-state index contributed by atoms with van der Waals surface area (Å²) >= 11 is 6.58. The molecule has 1 aromatic rings. The second-order valence-corrected chi connectivity index (χ2v) is 6.31. The van der Waals surface area contributed by atoms with Gasteiger partial charge in [-0.2, -0.15) is 0 Å². The summed E-state index contributed by atoms with van der Waals surface area (Å²) in [7, 11) is 0. The number of nitrogens with zero attached hydrogens (tertiary/aromatic N) is 1. The third-order valence-electron chi connectivity index (χ3n) is 3.81. The van der Waals surface area contributed by atoms with Gasteiger partial charge in [0, 0.05) is 19.6 Å². The lowest BCUT2D eigenvalue weighted by atomic mass is 10.0. The van der Waals surface area contributed by atoms with Crippen molar-refractivity contribution in [2.45, 2.75) is 45.3 Å². The fraction of sp³-hybridized carbons (Fsp3) is 0.625. The van der Waals surface area contributed by atoms with E-state index in [1.54, 1.807) is 0 Å². The van der Waals surface area contributed by atoms with E-state index in [4.69, 9.17) is 16.3 Å². The molecule has 1 saturated heterocycles. The van der Waals surface area contributed by atoms with E-state index in [1.165, 1.54) is 16.7 Å². The molecule has 0 radical (unpaired) electrons. The van der Waals surface area contributed by atoms with Gasteiger partial charge >= 0.3 is 0 Å². The number of halogens is 1. The molecule has 3 heteroatoms. The van der Waals surface area contributed by atoms with Crippen LogP contribution in [-0.4, -0.2) is 36.7 Å². The zero-order valence-corrected chi connectivity index (χ0v) is 13.1. The average molecular weight is 282 g/mol. The average Bonchev–Trinajstić information content (AvgIpc) is 2.31. The molecule has 0 spiro atoms. The molecule has 0 N–H and O–H groups in total. The van der Waals surface area contributed by atoms with Crippen LogP contribution < -0.4 is 0 Å². The Morgan fingerprint density at radius 2 is 1.84 bits per heavy atom. The van der Waals surface area contributed by atoms with Crippen LogP contribution in [0.5, 0.6) is 0 Å². The Kier molecular flexibility index (Phi) is 4.88. The Hall–Kier alpha value is -0.570. The van der Waals surface area contributed by atoms with E-state index in [0.717, 1.165) is 19.6 Å². The van der Waals surface area contributed by atoms with Crippen molar-refractivity contribution in [1.29, 1.82) is 0 Å². The first-order valence-corrected chi connectivity index (χ1v) is 7.48. The zero-order valence-electron chi connectivity index (χ0n) is 12.3. The largest absolute Gasteiger partial charge is 0.373 e. The topological polar surface area (TPSA) is 12.5 Å². The first-order chi connectivity index (χ1) is 8.95. The fourth-order valence-corrected chi connectivity index (χ4v) is 3.06. The van der Waals surface area contributed by atoms with Crippen molar-refractivity contribution in [2.24, 2.45) is 0 Å². The second-order valence-electron chi connectivity index (χ2n) is 5.79. The van der Waals surface area contributed by atoms with Crippen molar-refractivity contribution < 1.29 is 4.74 Å². The van der Waals surface area contributed by atoms with Gasteiger partial charge in [0.2, 0.25) is 0 Å². The number of morpholine rings is 1. The molecule has 1 aliphatic rings. The van der Waals surface area contributed by atoms with Crippen LogP contribution in [0.1, 0.15) is 35.9 Å². The van der Waals surface area contributed by atoms with Gasteiger partial charge in [-0.05, 0) is 44.4 Å². The van der Waals surface area contributed by atoms with Crippen LogP contribution >= 0.6 is 11.6 Å². The van der Waals surface area contributed by atoms with E-state index < -0.39 is 0 Å². The third kappa shape index (κ3) is 3.95. The predicted octanol–water partition coefficient (Wildman–Crippen LogP) is 3.69. The molecule has 3 atom stereocenters. The number of alkyl halides is 1. The van der Waals surface area contributed by atoms with Gasteiger partial charge in [0.1, 0.15) is 0 Å². The maximum Gasteiger partial charge on any atom is 0.0712 e. The van der Waals surface area contributed by atoms with Crippen LogP contribution in [0.3, 0.4) is 0 Å². The number of hydrogen-bond acceptors (Lipinski definition) is 2. The molecule has 0 bridgehead atoms. The standard InChI is InChI=1S/C16H24ClNO/c1-11-5-6-15(7-12(11)2)16(17)10-18-8-13(3)19-14(4)9-18/h5-7,13-14,16H,8-10H2,1-4H3. The minimum absolute atomic E-state index is 0.0526. The Balaban J connectivity index is 2.00. The first-order valence-electron chi connectivity index (χ1n) is 7.04. The normalized spacial score (nSPS) is 26.4. The zero-order chi connectivity index (χ0) is 14.0. The number of benzene rings is 1. The van der Waals surface area contributed by atoms with Gasteiger partial charge in [-0.15, -0.1) is 11.6 Å². The molecule has 0 aliphatic carbocycles. The molecule has 1 aromatic carbocycles. The van der Waals surface area contributed by atoms with Gasteiger partial charge in [0.25, 0.3) is 0 Å². The van der Waals surface area contributed by atoms with E-state index in [0.29, 0.717) is 12.2 Å². The summed E-state index contributed by atoms with van der Waals surface area (Å²) in [4.78, 5) is 2.41. The van der Waals surface area contributed by atoms with Crippen molar-refractivity contribution in [2.75, 3.05) is 19.6 Å². The first kappa shape index (κ1) is 14.8. The summed E-state index contributed by atoms with van der Waals surface area (Å²) in [6.45, 7) is 11.4. The Morgan fingerprint density at radius 1 is 1.21 bits per heavy atom. The smallest absolute Gasteiger partial charge is 0.0712 e. The molecule has 1 fully saturated rings. The quantitative estimate of drug-likeness (QED) is 0.784. The molecule has 0 aromatic heterocycles. The summed E-state index contributed by atoms with van der Waals surface area (Å²) in [5.41, 5.74) is 3.85. The molecule has 2 nitrogen and oxygen atoms in total. The van der Waals surface area contributed by atoms with E-state index in [-0.39, 0.29) is 5.38 Å². The summed E-state index contributed by atoms with van der Waals surface area (Å²) < 4.78 is 5.75. The minimum Gasteiger partial charge on any atom is -0.373 e. The molecular formula is C16H24ClNO. The summed E-state index contributed by atoms with van der Waals surface area (Å²) in [5, 5.41) is 0.0526. The van der Waals surface area contributed by atoms with Gasteiger partial charge < -0.3 is 4.74 Å². The number of rotatable bonds is 3. The lowest BCUT2D eigenvalue weighted by Crippen LogP contribution is -2.46. The van der Waals surface area contributed by atoms with Crippen LogP contribution in [0.4, 0.5) is 0 Å². The van der Waals surface area contributed by atoms with Crippen molar-refractivity contribution in [3.63, 3.8) is 0 Å². The highest BCUT2D eigenvalue weighted by atomic mass is 35.5. The minimum atomic E-state index is 0.0526. The van der Waals surface area contributed by atoms with Gasteiger partial charge in [-0.3, -0.25) is 4.90 Å².